The fraction of sp³-hybridized carbons (Fsp3) is 0.812. The van der Waals surface area contributed by atoms with Crippen LogP contribution < -0.4 is 10.9 Å². The molecule has 0 aromatic carbocycles. The van der Waals surface area contributed by atoms with E-state index in [0.29, 0.717) is 12.8 Å². The van der Waals surface area contributed by atoms with Crippen molar-refractivity contribution in [2.24, 2.45) is 11.0 Å². The summed E-state index contributed by atoms with van der Waals surface area (Å²) in [5.74, 6) is 0.375. The summed E-state index contributed by atoms with van der Waals surface area (Å²) >= 11 is 0. The Bertz CT molecular complexity index is 353. The first-order chi connectivity index (χ1) is 10.7. The SMILES string of the molecule is O=C(CCCCCC(=O)N/N=C/CCC1CCCCC1)NO. The zero-order chi connectivity index (χ0) is 16.0. The van der Waals surface area contributed by atoms with Crippen LogP contribution in [-0.2, 0) is 9.59 Å². The Morgan fingerprint density at radius 3 is 2.41 bits per heavy atom. The van der Waals surface area contributed by atoms with Crippen LogP contribution >= 0.6 is 0 Å². The Morgan fingerprint density at radius 2 is 1.73 bits per heavy atom. The van der Waals surface area contributed by atoms with Crippen LogP contribution in [0.1, 0.15) is 77.0 Å². The van der Waals surface area contributed by atoms with E-state index < -0.39 is 0 Å². The third-order valence-corrected chi connectivity index (χ3v) is 4.14. The maximum absolute atomic E-state index is 11.5. The monoisotopic (exact) mass is 311 g/mol. The molecule has 1 aliphatic carbocycles. The molecule has 3 N–H and O–H groups in total. The number of carbonyl (C=O) groups is 2. The molecule has 0 atom stereocenters. The van der Waals surface area contributed by atoms with Gasteiger partial charge in [-0.3, -0.25) is 14.8 Å². The molecule has 6 nitrogen and oxygen atoms in total. The van der Waals surface area contributed by atoms with Gasteiger partial charge in [0, 0.05) is 19.1 Å². The van der Waals surface area contributed by atoms with E-state index in [-0.39, 0.29) is 18.2 Å². The Labute approximate surface area is 132 Å². The van der Waals surface area contributed by atoms with Gasteiger partial charge in [-0.1, -0.05) is 38.5 Å². The molecule has 0 saturated heterocycles. The summed E-state index contributed by atoms with van der Waals surface area (Å²) < 4.78 is 0. The highest BCUT2D eigenvalue weighted by molar-refractivity contribution is 5.76. The third kappa shape index (κ3) is 9.50. The lowest BCUT2D eigenvalue weighted by atomic mass is 9.86. The Kier molecular flexibility index (Phi) is 10.3. The average molecular weight is 311 g/mol. The molecule has 1 fully saturated rings. The van der Waals surface area contributed by atoms with Gasteiger partial charge in [-0.05, 0) is 31.6 Å². The van der Waals surface area contributed by atoms with E-state index in [9.17, 15) is 9.59 Å². The lowest BCUT2D eigenvalue weighted by Gasteiger charge is -2.20. The van der Waals surface area contributed by atoms with E-state index >= 15 is 0 Å². The molecule has 0 aromatic heterocycles. The summed E-state index contributed by atoms with van der Waals surface area (Å²) in [7, 11) is 0. The molecule has 0 bridgehead atoms. The number of hydrogen-bond acceptors (Lipinski definition) is 4. The fourth-order valence-electron chi connectivity index (χ4n) is 2.83. The largest absolute Gasteiger partial charge is 0.289 e. The first-order valence-electron chi connectivity index (χ1n) is 8.45. The molecule has 0 heterocycles. The maximum atomic E-state index is 11.5. The first-order valence-corrected chi connectivity index (χ1v) is 8.45. The van der Waals surface area contributed by atoms with Gasteiger partial charge in [-0.15, -0.1) is 0 Å². The number of amides is 2. The first kappa shape index (κ1) is 18.6. The van der Waals surface area contributed by atoms with Gasteiger partial charge in [0.1, 0.15) is 0 Å². The molecule has 1 rings (SSSR count). The van der Waals surface area contributed by atoms with Gasteiger partial charge < -0.3 is 0 Å². The standard InChI is InChI=1S/C16H29N3O3/c20-15(11-5-2-6-12-16(21)19-22)18-17-13-7-10-14-8-3-1-4-9-14/h13-14,22H,1-12H2,(H,18,20)(H,19,21)/b17-13+. The Morgan fingerprint density at radius 1 is 1.05 bits per heavy atom. The molecule has 126 valence electrons. The van der Waals surface area contributed by atoms with Crippen molar-refractivity contribution in [1.29, 1.82) is 0 Å². The minimum atomic E-state index is -0.382. The van der Waals surface area contributed by atoms with E-state index in [1.54, 1.807) is 11.7 Å². The number of hydrogen-bond donors (Lipinski definition) is 3. The van der Waals surface area contributed by atoms with Gasteiger partial charge in [-0.25, -0.2) is 10.9 Å². The van der Waals surface area contributed by atoms with Crippen molar-refractivity contribution in [2.75, 3.05) is 0 Å². The summed E-state index contributed by atoms with van der Waals surface area (Å²) in [6.45, 7) is 0. The molecule has 0 radical (unpaired) electrons. The average Bonchev–Trinajstić information content (AvgIpc) is 2.55. The number of hydroxylamine groups is 1. The molecule has 22 heavy (non-hydrogen) atoms. The highest BCUT2D eigenvalue weighted by Gasteiger charge is 2.11. The molecule has 1 saturated carbocycles. The van der Waals surface area contributed by atoms with Crippen molar-refractivity contribution < 1.29 is 14.8 Å². The van der Waals surface area contributed by atoms with Crippen molar-refractivity contribution in [3.63, 3.8) is 0 Å². The number of carbonyl (C=O) groups excluding carboxylic acids is 2. The van der Waals surface area contributed by atoms with Crippen LogP contribution in [0.2, 0.25) is 0 Å². The third-order valence-electron chi connectivity index (χ3n) is 4.14. The maximum Gasteiger partial charge on any atom is 0.243 e. The van der Waals surface area contributed by atoms with Gasteiger partial charge in [0.2, 0.25) is 11.8 Å². The second kappa shape index (κ2) is 12.1. The van der Waals surface area contributed by atoms with Crippen molar-refractivity contribution in [1.82, 2.24) is 10.9 Å². The summed E-state index contributed by atoms with van der Waals surface area (Å²) in [6, 6.07) is 0. The molecular weight excluding hydrogens is 282 g/mol. The number of unbranched alkanes of at least 4 members (excludes halogenated alkanes) is 2. The summed E-state index contributed by atoms with van der Waals surface area (Å²) in [5, 5.41) is 12.3. The van der Waals surface area contributed by atoms with Gasteiger partial charge in [0.15, 0.2) is 0 Å². The lowest BCUT2D eigenvalue weighted by Crippen LogP contribution is -2.18. The van der Waals surface area contributed by atoms with E-state index in [1.165, 1.54) is 38.5 Å². The van der Waals surface area contributed by atoms with E-state index in [0.717, 1.165) is 25.2 Å². The molecule has 0 spiro atoms. The van der Waals surface area contributed by atoms with Crippen LogP contribution in [0.15, 0.2) is 5.10 Å². The van der Waals surface area contributed by atoms with Gasteiger partial charge in [0.25, 0.3) is 0 Å². The predicted octanol–water partition coefficient (Wildman–Crippen LogP) is 2.90. The number of hydrazone groups is 1. The Balaban J connectivity index is 1.93. The normalized spacial score (nSPS) is 15.9. The second-order valence-corrected chi connectivity index (χ2v) is 6.02. The smallest absolute Gasteiger partial charge is 0.243 e. The molecule has 0 aliphatic heterocycles. The minimum absolute atomic E-state index is 0.0828. The van der Waals surface area contributed by atoms with E-state index in [1.807, 2.05) is 0 Å². The van der Waals surface area contributed by atoms with Crippen molar-refractivity contribution in [3.05, 3.63) is 0 Å². The highest BCUT2D eigenvalue weighted by Crippen LogP contribution is 2.26. The van der Waals surface area contributed by atoms with Crippen LogP contribution in [0.4, 0.5) is 0 Å². The quantitative estimate of drug-likeness (QED) is 0.251. The van der Waals surface area contributed by atoms with Gasteiger partial charge in [-0.2, -0.15) is 5.10 Å². The van der Waals surface area contributed by atoms with Crippen molar-refractivity contribution in [2.45, 2.75) is 77.0 Å². The van der Waals surface area contributed by atoms with E-state index in [4.69, 9.17) is 5.21 Å². The summed E-state index contributed by atoms with van der Waals surface area (Å²) in [6.07, 6.45) is 13.6. The topological polar surface area (TPSA) is 90.8 Å². The molecule has 1 aliphatic rings. The van der Waals surface area contributed by atoms with Crippen LogP contribution in [0, 0.1) is 5.92 Å². The number of nitrogens with zero attached hydrogens (tertiary/aromatic N) is 1. The van der Waals surface area contributed by atoms with Crippen molar-refractivity contribution >= 4 is 18.0 Å². The molecule has 2 amide bonds. The second-order valence-electron chi connectivity index (χ2n) is 6.02. The Hall–Kier alpha value is -1.43. The van der Waals surface area contributed by atoms with Crippen LogP contribution in [0.25, 0.3) is 0 Å². The fourth-order valence-corrected chi connectivity index (χ4v) is 2.83. The highest BCUT2D eigenvalue weighted by atomic mass is 16.5. The molecule has 0 unspecified atom stereocenters. The number of nitrogens with one attached hydrogen (secondary N) is 2. The van der Waals surface area contributed by atoms with Crippen LogP contribution in [0.5, 0.6) is 0 Å². The predicted molar refractivity (Wildman–Crippen MR) is 85.5 cm³/mol. The summed E-state index contributed by atoms with van der Waals surface area (Å²) in [4.78, 5) is 22.3. The van der Waals surface area contributed by atoms with E-state index in [2.05, 4.69) is 10.5 Å². The van der Waals surface area contributed by atoms with Crippen LogP contribution in [0.3, 0.4) is 0 Å². The van der Waals surface area contributed by atoms with Crippen molar-refractivity contribution in [3.8, 4) is 0 Å². The molecular formula is C16H29N3O3. The van der Waals surface area contributed by atoms with Gasteiger partial charge in [0.05, 0.1) is 0 Å². The lowest BCUT2D eigenvalue weighted by molar-refractivity contribution is -0.129. The molecule has 0 aromatic rings. The zero-order valence-electron chi connectivity index (χ0n) is 13.4. The van der Waals surface area contributed by atoms with Gasteiger partial charge >= 0.3 is 0 Å². The minimum Gasteiger partial charge on any atom is -0.289 e. The number of rotatable bonds is 10. The van der Waals surface area contributed by atoms with Crippen LogP contribution in [-0.4, -0.2) is 23.2 Å². The summed E-state index contributed by atoms with van der Waals surface area (Å²) in [5.41, 5.74) is 4.13. The molecule has 6 heteroatoms. The zero-order valence-corrected chi connectivity index (χ0v) is 13.4.